The van der Waals surface area contributed by atoms with Crippen LogP contribution in [-0.2, 0) is 19.0 Å². The van der Waals surface area contributed by atoms with Crippen molar-refractivity contribution >= 4 is 6.29 Å². The summed E-state index contributed by atoms with van der Waals surface area (Å²) in [5, 5.41) is 0. The Morgan fingerprint density at radius 3 is 1.79 bits per heavy atom. The highest BCUT2D eigenvalue weighted by atomic mass is 16.5. The van der Waals surface area contributed by atoms with E-state index in [2.05, 4.69) is 0 Å². The van der Waals surface area contributed by atoms with Crippen molar-refractivity contribution in [1.82, 2.24) is 0 Å². The second-order valence-corrected chi connectivity index (χ2v) is 3.59. The van der Waals surface area contributed by atoms with E-state index in [4.69, 9.17) is 14.2 Å². The summed E-state index contributed by atoms with van der Waals surface area (Å²) >= 11 is 0. The van der Waals surface area contributed by atoms with Gasteiger partial charge in [0.05, 0.1) is 24.2 Å². The minimum atomic E-state index is -0.170. The third-order valence-electron chi connectivity index (χ3n) is 2.94. The molecule has 4 heteroatoms. The highest BCUT2D eigenvalue weighted by molar-refractivity contribution is 5.56. The molecule has 1 rings (SSSR count). The Bertz CT molecular complexity index is 169. The van der Waals surface area contributed by atoms with Gasteiger partial charge in [0.25, 0.3) is 0 Å². The van der Waals surface area contributed by atoms with Gasteiger partial charge in [-0.1, -0.05) is 0 Å². The molecule has 0 spiro atoms. The lowest BCUT2D eigenvalue weighted by molar-refractivity contribution is -0.136. The summed E-state index contributed by atoms with van der Waals surface area (Å²) in [7, 11) is 4.91. The van der Waals surface area contributed by atoms with E-state index in [0.29, 0.717) is 0 Å². The van der Waals surface area contributed by atoms with Crippen molar-refractivity contribution in [2.75, 3.05) is 21.3 Å². The standard InChI is InChI=1S/C10H18O4/c1-12-7-4-9(13-2)8(6-11)10(5-7)14-3/h6-10H,4-5H2,1-3H3. The first-order chi connectivity index (χ1) is 6.76. The molecule has 82 valence electrons. The second-order valence-electron chi connectivity index (χ2n) is 3.59. The molecule has 1 aliphatic carbocycles. The number of carbonyl (C=O) groups excluding carboxylic acids is 1. The van der Waals surface area contributed by atoms with Crippen LogP contribution < -0.4 is 0 Å². The molecule has 0 aromatic heterocycles. The van der Waals surface area contributed by atoms with Crippen LogP contribution in [0.5, 0.6) is 0 Å². The smallest absolute Gasteiger partial charge is 0.128 e. The molecule has 0 radical (unpaired) electrons. The molecule has 0 amide bonds. The van der Waals surface area contributed by atoms with Crippen LogP contribution in [0.25, 0.3) is 0 Å². The van der Waals surface area contributed by atoms with Gasteiger partial charge < -0.3 is 19.0 Å². The highest BCUT2D eigenvalue weighted by Gasteiger charge is 2.38. The van der Waals surface area contributed by atoms with Crippen LogP contribution in [0.1, 0.15) is 12.8 Å². The highest BCUT2D eigenvalue weighted by Crippen LogP contribution is 2.29. The van der Waals surface area contributed by atoms with Crippen molar-refractivity contribution in [3.63, 3.8) is 0 Å². The van der Waals surface area contributed by atoms with Gasteiger partial charge in [0.15, 0.2) is 0 Å². The average molecular weight is 202 g/mol. The minimum absolute atomic E-state index is 0.0869. The zero-order chi connectivity index (χ0) is 10.6. The van der Waals surface area contributed by atoms with Gasteiger partial charge in [-0.25, -0.2) is 0 Å². The van der Waals surface area contributed by atoms with E-state index in [1.54, 1.807) is 21.3 Å². The monoisotopic (exact) mass is 202 g/mol. The summed E-state index contributed by atoms with van der Waals surface area (Å²) in [5.74, 6) is -0.170. The van der Waals surface area contributed by atoms with E-state index in [-0.39, 0.29) is 24.2 Å². The molecule has 1 saturated carbocycles. The summed E-state index contributed by atoms with van der Waals surface area (Å²) in [6.45, 7) is 0. The van der Waals surface area contributed by atoms with Crippen LogP contribution in [0.3, 0.4) is 0 Å². The van der Waals surface area contributed by atoms with Gasteiger partial charge in [-0.15, -0.1) is 0 Å². The Morgan fingerprint density at radius 1 is 1.00 bits per heavy atom. The molecule has 0 bridgehead atoms. The van der Waals surface area contributed by atoms with Gasteiger partial charge in [-0.2, -0.15) is 0 Å². The number of methoxy groups -OCH3 is 3. The summed E-state index contributed by atoms with van der Waals surface area (Å²) in [6.07, 6.45) is 2.40. The molecule has 0 aromatic rings. The maximum absolute atomic E-state index is 10.9. The molecule has 0 aromatic carbocycles. The zero-order valence-corrected chi connectivity index (χ0v) is 8.93. The SMILES string of the molecule is COC1CC(OC)C(C=O)C(OC)C1. The molecule has 1 fully saturated rings. The van der Waals surface area contributed by atoms with Gasteiger partial charge in [-0.05, 0) is 0 Å². The van der Waals surface area contributed by atoms with Crippen LogP contribution in [-0.4, -0.2) is 45.9 Å². The Balaban J connectivity index is 2.68. The first kappa shape index (κ1) is 11.6. The fraction of sp³-hybridized carbons (Fsp3) is 0.900. The van der Waals surface area contributed by atoms with Gasteiger partial charge in [0.2, 0.25) is 0 Å². The normalized spacial score (nSPS) is 38.2. The zero-order valence-electron chi connectivity index (χ0n) is 8.93. The van der Waals surface area contributed by atoms with Crippen molar-refractivity contribution < 1.29 is 19.0 Å². The predicted octanol–water partition coefficient (Wildman–Crippen LogP) is 0.640. The number of carbonyl (C=O) groups is 1. The molecule has 2 unspecified atom stereocenters. The average Bonchev–Trinajstić information content (AvgIpc) is 2.26. The van der Waals surface area contributed by atoms with E-state index in [1.165, 1.54) is 0 Å². The minimum Gasteiger partial charge on any atom is -0.381 e. The van der Waals surface area contributed by atoms with Crippen LogP contribution in [0.4, 0.5) is 0 Å². The third-order valence-corrected chi connectivity index (χ3v) is 2.94. The fourth-order valence-electron chi connectivity index (χ4n) is 2.04. The summed E-state index contributed by atoms with van der Waals surface area (Å²) in [5.41, 5.74) is 0. The summed E-state index contributed by atoms with van der Waals surface area (Å²) in [4.78, 5) is 10.9. The van der Waals surface area contributed by atoms with Gasteiger partial charge in [-0.3, -0.25) is 0 Å². The van der Waals surface area contributed by atoms with Crippen molar-refractivity contribution in [3.05, 3.63) is 0 Å². The lowest BCUT2D eigenvalue weighted by Crippen LogP contribution is -2.45. The number of ether oxygens (including phenoxy) is 3. The Hall–Kier alpha value is -0.450. The van der Waals surface area contributed by atoms with E-state index in [9.17, 15) is 4.79 Å². The first-order valence-corrected chi connectivity index (χ1v) is 4.80. The Labute approximate surface area is 84.5 Å². The summed E-state index contributed by atoms with van der Waals surface area (Å²) in [6, 6.07) is 0. The maximum atomic E-state index is 10.9. The van der Waals surface area contributed by atoms with Crippen molar-refractivity contribution in [2.45, 2.75) is 31.2 Å². The lowest BCUT2D eigenvalue weighted by Gasteiger charge is -2.37. The van der Waals surface area contributed by atoms with E-state index < -0.39 is 0 Å². The molecule has 0 heterocycles. The molecule has 0 aliphatic heterocycles. The molecule has 0 saturated heterocycles. The molecular formula is C10H18O4. The van der Waals surface area contributed by atoms with Crippen LogP contribution in [0.2, 0.25) is 0 Å². The Kier molecular flexibility index (Phi) is 4.51. The number of rotatable bonds is 4. The quantitative estimate of drug-likeness (QED) is 0.628. The van der Waals surface area contributed by atoms with Crippen LogP contribution >= 0.6 is 0 Å². The molecule has 2 atom stereocenters. The van der Waals surface area contributed by atoms with E-state index >= 15 is 0 Å². The van der Waals surface area contributed by atoms with Gasteiger partial charge in [0.1, 0.15) is 6.29 Å². The predicted molar refractivity (Wildman–Crippen MR) is 51.2 cm³/mol. The van der Waals surface area contributed by atoms with Crippen LogP contribution in [0.15, 0.2) is 0 Å². The van der Waals surface area contributed by atoms with E-state index in [1.807, 2.05) is 0 Å². The van der Waals surface area contributed by atoms with Gasteiger partial charge >= 0.3 is 0 Å². The number of hydrogen-bond acceptors (Lipinski definition) is 4. The Morgan fingerprint density at radius 2 is 1.50 bits per heavy atom. The topological polar surface area (TPSA) is 44.8 Å². The van der Waals surface area contributed by atoms with Crippen molar-refractivity contribution in [1.29, 1.82) is 0 Å². The number of hydrogen-bond donors (Lipinski definition) is 0. The number of aldehydes is 1. The fourth-order valence-corrected chi connectivity index (χ4v) is 2.04. The molecule has 1 aliphatic rings. The van der Waals surface area contributed by atoms with E-state index in [0.717, 1.165) is 19.1 Å². The van der Waals surface area contributed by atoms with Gasteiger partial charge in [0, 0.05) is 34.2 Å². The third kappa shape index (κ3) is 2.32. The molecule has 4 nitrogen and oxygen atoms in total. The first-order valence-electron chi connectivity index (χ1n) is 4.80. The lowest BCUT2D eigenvalue weighted by atomic mass is 9.83. The summed E-state index contributed by atoms with van der Waals surface area (Å²) < 4.78 is 15.8. The molecule has 0 N–H and O–H groups in total. The second kappa shape index (κ2) is 5.44. The van der Waals surface area contributed by atoms with Crippen LogP contribution in [0, 0.1) is 5.92 Å². The van der Waals surface area contributed by atoms with Crippen molar-refractivity contribution in [2.24, 2.45) is 5.92 Å². The largest absolute Gasteiger partial charge is 0.381 e. The molecule has 14 heavy (non-hydrogen) atoms. The molecular weight excluding hydrogens is 184 g/mol. The van der Waals surface area contributed by atoms with Crippen molar-refractivity contribution in [3.8, 4) is 0 Å². The maximum Gasteiger partial charge on any atom is 0.128 e.